The van der Waals surface area contributed by atoms with Crippen molar-refractivity contribution in [3.8, 4) is 0 Å². The number of nitrogens with zero attached hydrogens (tertiary/aromatic N) is 1. The van der Waals surface area contributed by atoms with E-state index in [1.807, 2.05) is 4.90 Å². The van der Waals surface area contributed by atoms with E-state index in [1.54, 1.807) is 0 Å². The van der Waals surface area contributed by atoms with Crippen LogP contribution in [0.15, 0.2) is 0 Å². The third kappa shape index (κ3) is 3.24. The van der Waals surface area contributed by atoms with Crippen LogP contribution in [0.1, 0.15) is 39.0 Å². The summed E-state index contributed by atoms with van der Waals surface area (Å²) in [6.45, 7) is 1.44. The number of piperidine rings is 1. The number of amides is 2. The molecular formula is C13H20N2O4. The molecule has 2 unspecified atom stereocenters. The molecule has 0 aromatic rings. The molecule has 0 spiro atoms. The summed E-state index contributed by atoms with van der Waals surface area (Å²) in [5, 5.41) is 11.4. The van der Waals surface area contributed by atoms with Crippen LogP contribution in [0.25, 0.3) is 0 Å². The minimum Gasteiger partial charge on any atom is -0.481 e. The van der Waals surface area contributed by atoms with E-state index < -0.39 is 5.97 Å². The summed E-state index contributed by atoms with van der Waals surface area (Å²) in [4.78, 5) is 35.6. The fourth-order valence-corrected chi connectivity index (χ4v) is 3.40. The largest absolute Gasteiger partial charge is 0.481 e. The molecule has 2 bridgehead atoms. The molecule has 19 heavy (non-hydrogen) atoms. The summed E-state index contributed by atoms with van der Waals surface area (Å²) in [6.07, 6.45) is 3.64. The van der Waals surface area contributed by atoms with Gasteiger partial charge in [0.05, 0.1) is 6.54 Å². The zero-order valence-electron chi connectivity index (χ0n) is 11.1. The minimum absolute atomic E-state index is 0.0449. The molecule has 6 nitrogen and oxygen atoms in total. The van der Waals surface area contributed by atoms with E-state index in [4.69, 9.17) is 5.11 Å². The van der Waals surface area contributed by atoms with Gasteiger partial charge in [-0.2, -0.15) is 0 Å². The van der Waals surface area contributed by atoms with E-state index in [0.29, 0.717) is 0 Å². The summed E-state index contributed by atoms with van der Waals surface area (Å²) in [5.74, 6) is -0.833. The maximum Gasteiger partial charge on any atom is 0.303 e. The van der Waals surface area contributed by atoms with Crippen LogP contribution >= 0.6 is 0 Å². The highest BCUT2D eigenvalue weighted by Crippen LogP contribution is 2.39. The number of carboxylic acid groups (broad SMARTS) is 1. The summed E-state index contributed by atoms with van der Waals surface area (Å²) in [7, 11) is 0. The third-order valence-electron chi connectivity index (χ3n) is 4.07. The predicted molar refractivity (Wildman–Crippen MR) is 67.3 cm³/mol. The number of carbonyl (C=O) groups is 3. The number of hydrogen-bond donors (Lipinski definition) is 2. The number of carboxylic acids is 1. The number of carbonyl (C=O) groups excluding carboxylic acids is 2. The first-order valence-corrected chi connectivity index (χ1v) is 6.74. The van der Waals surface area contributed by atoms with Gasteiger partial charge in [-0.1, -0.05) is 0 Å². The second-order valence-corrected chi connectivity index (χ2v) is 5.53. The average Bonchev–Trinajstić information content (AvgIpc) is 2.57. The first-order valence-electron chi connectivity index (χ1n) is 6.74. The molecule has 2 rings (SSSR count). The van der Waals surface area contributed by atoms with Gasteiger partial charge in [-0.05, 0) is 31.6 Å². The van der Waals surface area contributed by atoms with E-state index in [2.05, 4.69) is 5.32 Å². The smallest absolute Gasteiger partial charge is 0.303 e. The standard InChI is InChI=1S/C13H20N2O4/c1-8(16)14-7-12(17)15-10-2-3-11(15)5-9(4-10)6-13(18)19/h9-11H,2-7H2,1H3,(H,14,16)(H,18,19). The van der Waals surface area contributed by atoms with Crippen molar-refractivity contribution in [3.63, 3.8) is 0 Å². The third-order valence-corrected chi connectivity index (χ3v) is 4.07. The van der Waals surface area contributed by atoms with Crippen molar-refractivity contribution in [1.82, 2.24) is 10.2 Å². The Hall–Kier alpha value is -1.59. The van der Waals surface area contributed by atoms with Crippen molar-refractivity contribution in [2.75, 3.05) is 6.54 Å². The summed E-state index contributed by atoms with van der Waals surface area (Å²) >= 11 is 0. The summed E-state index contributed by atoms with van der Waals surface area (Å²) in [6, 6.07) is 0.314. The number of aliphatic carboxylic acids is 1. The Morgan fingerprint density at radius 2 is 1.79 bits per heavy atom. The van der Waals surface area contributed by atoms with Gasteiger partial charge in [-0.3, -0.25) is 14.4 Å². The van der Waals surface area contributed by atoms with Crippen LogP contribution in [-0.4, -0.2) is 46.4 Å². The van der Waals surface area contributed by atoms with Crippen LogP contribution in [-0.2, 0) is 14.4 Å². The SMILES string of the molecule is CC(=O)NCC(=O)N1C2CCC1CC(CC(=O)O)C2. The van der Waals surface area contributed by atoms with Crippen molar-refractivity contribution in [2.24, 2.45) is 5.92 Å². The zero-order valence-corrected chi connectivity index (χ0v) is 11.1. The van der Waals surface area contributed by atoms with Gasteiger partial charge in [-0.15, -0.1) is 0 Å². The molecule has 0 saturated carbocycles. The number of fused-ring (bicyclic) bond motifs is 2. The van der Waals surface area contributed by atoms with Crippen LogP contribution in [0, 0.1) is 5.92 Å². The maximum absolute atomic E-state index is 12.1. The quantitative estimate of drug-likeness (QED) is 0.771. The molecule has 0 aromatic carbocycles. The normalized spacial score (nSPS) is 29.1. The van der Waals surface area contributed by atoms with Crippen molar-refractivity contribution < 1.29 is 19.5 Å². The Balaban J connectivity index is 1.93. The lowest BCUT2D eigenvalue weighted by atomic mass is 9.88. The molecule has 2 saturated heterocycles. The Bertz CT molecular complexity index is 382. The van der Waals surface area contributed by atoms with Crippen molar-refractivity contribution in [2.45, 2.75) is 51.1 Å². The van der Waals surface area contributed by atoms with Gasteiger partial charge in [-0.25, -0.2) is 0 Å². The van der Waals surface area contributed by atoms with Crippen LogP contribution in [0.5, 0.6) is 0 Å². The van der Waals surface area contributed by atoms with E-state index in [-0.39, 0.29) is 42.8 Å². The van der Waals surface area contributed by atoms with Gasteiger partial charge in [0.2, 0.25) is 11.8 Å². The fourth-order valence-electron chi connectivity index (χ4n) is 3.40. The van der Waals surface area contributed by atoms with E-state index in [1.165, 1.54) is 6.92 Å². The van der Waals surface area contributed by atoms with Gasteiger partial charge in [0, 0.05) is 25.4 Å². The number of rotatable bonds is 4. The van der Waals surface area contributed by atoms with Crippen LogP contribution in [0.3, 0.4) is 0 Å². The minimum atomic E-state index is -0.762. The Morgan fingerprint density at radius 3 is 2.26 bits per heavy atom. The lowest BCUT2D eigenvalue weighted by Crippen LogP contribution is -2.50. The molecule has 0 radical (unpaired) electrons. The monoisotopic (exact) mass is 268 g/mol. The second kappa shape index (κ2) is 5.59. The highest BCUT2D eigenvalue weighted by Gasteiger charge is 2.43. The predicted octanol–water partition coefficient (Wildman–Crippen LogP) is 0.367. The molecule has 2 amide bonds. The average molecular weight is 268 g/mol. The van der Waals surface area contributed by atoms with Crippen LogP contribution < -0.4 is 5.32 Å². The summed E-state index contributed by atoms with van der Waals surface area (Å²) in [5.41, 5.74) is 0. The van der Waals surface area contributed by atoms with Crippen LogP contribution in [0.2, 0.25) is 0 Å². The van der Waals surface area contributed by atoms with Crippen molar-refractivity contribution in [3.05, 3.63) is 0 Å². The second-order valence-electron chi connectivity index (χ2n) is 5.53. The lowest BCUT2D eigenvalue weighted by molar-refractivity contribution is -0.140. The Morgan fingerprint density at radius 1 is 1.21 bits per heavy atom. The topological polar surface area (TPSA) is 86.7 Å². The molecule has 2 fully saturated rings. The van der Waals surface area contributed by atoms with Gasteiger partial charge in [0.1, 0.15) is 0 Å². The van der Waals surface area contributed by atoms with Crippen molar-refractivity contribution >= 4 is 17.8 Å². The Kier molecular flexibility index (Phi) is 4.07. The molecule has 2 aliphatic heterocycles. The molecular weight excluding hydrogens is 248 g/mol. The molecule has 2 N–H and O–H groups in total. The number of hydrogen-bond acceptors (Lipinski definition) is 3. The van der Waals surface area contributed by atoms with Gasteiger partial charge < -0.3 is 15.3 Å². The van der Waals surface area contributed by atoms with Crippen LogP contribution in [0.4, 0.5) is 0 Å². The zero-order chi connectivity index (χ0) is 14.0. The molecule has 0 aliphatic carbocycles. The molecule has 2 heterocycles. The summed E-state index contributed by atoms with van der Waals surface area (Å²) < 4.78 is 0. The maximum atomic E-state index is 12.1. The fraction of sp³-hybridized carbons (Fsp3) is 0.769. The van der Waals surface area contributed by atoms with Gasteiger partial charge in [0.15, 0.2) is 0 Å². The lowest BCUT2D eigenvalue weighted by Gasteiger charge is -2.38. The highest BCUT2D eigenvalue weighted by molar-refractivity contribution is 5.84. The molecule has 2 atom stereocenters. The molecule has 6 heteroatoms. The van der Waals surface area contributed by atoms with E-state index in [0.717, 1.165) is 25.7 Å². The van der Waals surface area contributed by atoms with E-state index in [9.17, 15) is 14.4 Å². The first kappa shape index (κ1) is 13.8. The molecule has 0 aromatic heterocycles. The van der Waals surface area contributed by atoms with Gasteiger partial charge in [0.25, 0.3) is 0 Å². The van der Waals surface area contributed by atoms with E-state index >= 15 is 0 Å². The first-order chi connectivity index (χ1) is 8.97. The molecule has 2 aliphatic rings. The number of nitrogens with one attached hydrogen (secondary N) is 1. The Labute approximate surface area is 112 Å². The van der Waals surface area contributed by atoms with Gasteiger partial charge >= 0.3 is 5.97 Å². The van der Waals surface area contributed by atoms with Crippen molar-refractivity contribution in [1.29, 1.82) is 0 Å². The molecule has 106 valence electrons. The highest BCUT2D eigenvalue weighted by atomic mass is 16.4.